The Morgan fingerprint density at radius 3 is 2.24 bits per heavy atom. The number of amides is 1. The summed E-state index contributed by atoms with van der Waals surface area (Å²) in [5.74, 6) is -0.486. The molecule has 1 N–H and O–H groups in total. The van der Waals surface area contributed by atoms with Crippen molar-refractivity contribution in [3.8, 4) is 0 Å². The maximum absolute atomic E-state index is 14.0. The summed E-state index contributed by atoms with van der Waals surface area (Å²) in [5, 5.41) is 20.6. The highest BCUT2D eigenvalue weighted by Crippen LogP contribution is 2.39. The lowest BCUT2D eigenvalue weighted by Crippen LogP contribution is -2.67. The van der Waals surface area contributed by atoms with Crippen molar-refractivity contribution in [2.75, 3.05) is 26.2 Å². The van der Waals surface area contributed by atoms with Gasteiger partial charge in [0.25, 0.3) is 5.91 Å². The van der Waals surface area contributed by atoms with Gasteiger partial charge in [0.15, 0.2) is 12.6 Å². The molecule has 8 heteroatoms. The summed E-state index contributed by atoms with van der Waals surface area (Å²) in [5.41, 5.74) is -0.986. The number of rotatable bonds is 8. The van der Waals surface area contributed by atoms with Crippen LogP contribution in [0.15, 0.2) is 65.4 Å². The minimum absolute atomic E-state index is 0.00428. The van der Waals surface area contributed by atoms with Gasteiger partial charge < -0.3 is 19.6 Å². The molecule has 0 radical (unpaired) electrons. The van der Waals surface area contributed by atoms with Gasteiger partial charge in [-0.1, -0.05) is 42.5 Å². The molecule has 178 valence electrons. The molecule has 1 atom stereocenters. The summed E-state index contributed by atoms with van der Waals surface area (Å²) in [6.45, 7) is 3.25. The minimum Gasteiger partial charge on any atom is -0.833 e. The highest BCUT2D eigenvalue weighted by Gasteiger charge is 2.49. The number of quaternary nitrogens is 1. The molecule has 34 heavy (non-hydrogen) atoms. The number of carbonyl (C=O) groups is 2. The lowest BCUT2D eigenvalue weighted by Gasteiger charge is -2.52. The third kappa shape index (κ3) is 4.55. The first-order valence-corrected chi connectivity index (χ1v) is 13.4. The van der Waals surface area contributed by atoms with Crippen LogP contribution in [0.3, 0.4) is 0 Å². The monoisotopic (exact) mass is 496 g/mol. The van der Waals surface area contributed by atoms with Gasteiger partial charge in [-0.25, -0.2) is 0 Å². The Hall–Kier alpha value is -2.52. The Morgan fingerprint density at radius 1 is 1.00 bits per heavy atom. The number of ether oxygens (including phenoxy) is 1. The fourth-order valence-electron chi connectivity index (χ4n) is 5.23. The molecule has 1 aromatic carbocycles. The highest BCUT2D eigenvalue weighted by molar-refractivity contribution is 7.12. The van der Waals surface area contributed by atoms with Crippen molar-refractivity contribution < 1.29 is 23.9 Å². The van der Waals surface area contributed by atoms with E-state index in [1.165, 1.54) is 22.7 Å². The first-order valence-electron chi connectivity index (χ1n) is 11.6. The molecule has 3 aliphatic rings. The molecule has 5 heterocycles. The Labute approximate surface area is 207 Å². The topological polar surface area (TPSA) is 78.5 Å². The lowest BCUT2D eigenvalue weighted by molar-refractivity contribution is -0.939. The summed E-state index contributed by atoms with van der Waals surface area (Å²) in [7, 11) is 0. The van der Waals surface area contributed by atoms with Crippen molar-refractivity contribution >= 4 is 34.6 Å². The van der Waals surface area contributed by atoms with E-state index in [2.05, 4.69) is 5.32 Å². The Morgan fingerprint density at radius 2 is 1.65 bits per heavy atom. The van der Waals surface area contributed by atoms with Gasteiger partial charge >= 0.3 is 5.97 Å². The average Bonchev–Trinajstić information content (AvgIpc) is 3.59. The molecule has 3 aromatic rings. The molecule has 6 nitrogen and oxygen atoms in total. The van der Waals surface area contributed by atoms with Gasteiger partial charge in [-0.15, -0.1) is 22.7 Å². The van der Waals surface area contributed by atoms with Gasteiger partial charge in [-0.05, 0) is 28.5 Å². The molecule has 3 saturated heterocycles. The number of nitrogens with zero attached hydrogens (tertiary/aromatic N) is 1. The number of benzene rings is 1. The van der Waals surface area contributed by atoms with Crippen LogP contribution in [-0.2, 0) is 26.5 Å². The van der Waals surface area contributed by atoms with Crippen LogP contribution in [-0.4, -0.2) is 48.6 Å². The van der Waals surface area contributed by atoms with E-state index in [0.29, 0.717) is 33.9 Å². The zero-order valence-electron chi connectivity index (χ0n) is 18.9. The molecule has 3 fully saturated rings. The van der Waals surface area contributed by atoms with E-state index < -0.39 is 11.6 Å². The maximum Gasteiger partial charge on any atom is 0.306 e. The molecular weight excluding hydrogens is 468 g/mol. The number of esters is 1. The van der Waals surface area contributed by atoms with Crippen molar-refractivity contribution in [1.29, 1.82) is 0 Å². The summed E-state index contributed by atoms with van der Waals surface area (Å²) in [6.07, 6.45) is 1.45. The summed E-state index contributed by atoms with van der Waals surface area (Å²) in [4.78, 5) is 27.1. The predicted molar refractivity (Wildman–Crippen MR) is 130 cm³/mol. The van der Waals surface area contributed by atoms with Crippen LogP contribution < -0.4 is 10.4 Å². The zero-order valence-corrected chi connectivity index (χ0v) is 20.5. The van der Waals surface area contributed by atoms with Gasteiger partial charge in [0, 0.05) is 35.1 Å². The highest BCUT2D eigenvalue weighted by atomic mass is 32.1. The number of fused-ring (bicyclic) bond motifs is 3. The van der Waals surface area contributed by atoms with Crippen molar-refractivity contribution in [2.45, 2.75) is 31.1 Å². The van der Waals surface area contributed by atoms with E-state index in [1.807, 2.05) is 41.1 Å². The van der Waals surface area contributed by atoms with E-state index in [9.17, 15) is 14.7 Å². The van der Waals surface area contributed by atoms with Gasteiger partial charge in [0.05, 0.1) is 18.7 Å². The van der Waals surface area contributed by atoms with E-state index in [-0.39, 0.29) is 17.9 Å². The SMILES string of the molecule is O=C(C[N+]12CCC(CC1)C(OC(=O)C([O-])(c1cccs1)c1cccs1)C2)NCc1ccccc1. The third-order valence-electron chi connectivity index (χ3n) is 7.14. The first-order chi connectivity index (χ1) is 16.5. The average molecular weight is 497 g/mol. The summed E-state index contributed by atoms with van der Waals surface area (Å²) < 4.78 is 6.60. The largest absolute Gasteiger partial charge is 0.833 e. The Bertz CT molecular complexity index is 1070. The number of piperidine rings is 3. The van der Waals surface area contributed by atoms with Crippen LogP contribution >= 0.6 is 22.7 Å². The number of nitrogens with one attached hydrogen (secondary N) is 1. The number of thiophene rings is 2. The molecule has 1 unspecified atom stereocenters. The Balaban J connectivity index is 1.27. The van der Waals surface area contributed by atoms with Crippen LogP contribution in [0.25, 0.3) is 0 Å². The van der Waals surface area contributed by atoms with Crippen LogP contribution in [0, 0.1) is 5.92 Å². The lowest BCUT2D eigenvalue weighted by atomic mass is 9.83. The maximum atomic E-state index is 14.0. The van der Waals surface area contributed by atoms with E-state index in [0.717, 1.165) is 31.5 Å². The van der Waals surface area contributed by atoms with Crippen LogP contribution in [0.4, 0.5) is 0 Å². The second kappa shape index (κ2) is 9.62. The molecule has 6 rings (SSSR count). The van der Waals surface area contributed by atoms with E-state index in [4.69, 9.17) is 4.74 Å². The Kier molecular flexibility index (Phi) is 6.57. The van der Waals surface area contributed by atoms with Crippen molar-refractivity contribution in [2.24, 2.45) is 5.92 Å². The predicted octanol–water partition coefficient (Wildman–Crippen LogP) is 2.88. The normalized spacial score (nSPS) is 24.0. The van der Waals surface area contributed by atoms with E-state index >= 15 is 0 Å². The minimum atomic E-state index is -2.05. The van der Waals surface area contributed by atoms with E-state index in [1.54, 1.807) is 24.3 Å². The molecule has 1 amide bonds. The summed E-state index contributed by atoms with van der Waals surface area (Å²) in [6, 6.07) is 16.8. The molecule has 3 aliphatic heterocycles. The zero-order chi connectivity index (χ0) is 23.6. The van der Waals surface area contributed by atoms with Crippen LogP contribution in [0.5, 0.6) is 0 Å². The third-order valence-corrected chi connectivity index (χ3v) is 9.08. The van der Waals surface area contributed by atoms with Gasteiger partial charge in [-0.3, -0.25) is 9.59 Å². The first kappa shape index (κ1) is 23.2. The quantitative estimate of drug-likeness (QED) is 0.384. The molecule has 2 bridgehead atoms. The van der Waals surface area contributed by atoms with Crippen LogP contribution in [0.1, 0.15) is 28.2 Å². The van der Waals surface area contributed by atoms with Gasteiger partial charge in [0.2, 0.25) is 0 Å². The van der Waals surface area contributed by atoms with Crippen LogP contribution in [0.2, 0.25) is 0 Å². The van der Waals surface area contributed by atoms with Crippen molar-refractivity contribution in [1.82, 2.24) is 5.32 Å². The van der Waals surface area contributed by atoms with Crippen molar-refractivity contribution in [3.63, 3.8) is 0 Å². The number of hydrogen-bond donors (Lipinski definition) is 1. The van der Waals surface area contributed by atoms with Crippen molar-refractivity contribution in [3.05, 3.63) is 80.7 Å². The second-order valence-electron chi connectivity index (χ2n) is 9.31. The molecule has 0 saturated carbocycles. The number of carbonyl (C=O) groups excluding carboxylic acids is 2. The summed E-state index contributed by atoms with van der Waals surface area (Å²) >= 11 is 2.56. The molecule has 0 aliphatic carbocycles. The van der Waals surface area contributed by atoms with Gasteiger partial charge in [-0.2, -0.15) is 0 Å². The standard InChI is InChI=1S/C26H28N2O4S2/c29-24(27-16-19-6-2-1-3-7-19)18-28-12-10-20(11-13-28)21(17-28)32-25(30)26(31,22-8-4-14-33-22)23-9-5-15-34-23/h1-9,14-15,20-21H,10-13,16-18H2,(H,27,29). The smallest absolute Gasteiger partial charge is 0.306 e. The number of hydrogen-bond acceptors (Lipinski definition) is 6. The molecule has 2 aromatic heterocycles. The fraction of sp³-hybridized carbons (Fsp3) is 0.385. The fourth-order valence-corrected chi connectivity index (χ4v) is 6.94. The second-order valence-corrected chi connectivity index (χ2v) is 11.2. The molecule has 0 spiro atoms. The van der Waals surface area contributed by atoms with Gasteiger partial charge in [0.1, 0.15) is 6.54 Å². The molecular formula is C26H28N2O4S2.